The summed E-state index contributed by atoms with van der Waals surface area (Å²) in [7, 11) is 0. The Balaban J connectivity index is -0.000000152. The third kappa shape index (κ3) is 50.2. The molecule has 0 N–H and O–H groups in total. The molecule has 0 aliphatic carbocycles. The van der Waals surface area contributed by atoms with E-state index in [-0.39, 0.29) is 17.4 Å². The fourth-order valence-corrected chi connectivity index (χ4v) is 1.25. The Hall–Kier alpha value is 0.172. The second kappa shape index (κ2) is 31.9. The molecule has 0 saturated carbocycles. The predicted octanol–water partition coefficient (Wildman–Crippen LogP) is -1.14. The molecule has 0 aromatic heterocycles. The summed E-state index contributed by atoms with van der Waals surface area (Å²) in [6, 6.07) is 0. The van der Waals surface area contributed by atoms with Crippen LogP contribution in [0.5, 0.6) is 0 Å². The van der Waals surface area contributed by atoms with Gasteiger partial charge in [0.25, 0.3) is 0 Å². The van der Waals surface area contributed by atoms with Gasteiger partial charge in [0.15, 0.2) is 0 Å². The Kier molecular flexibility index (Phi) is 40.5. The summed E-state index contributed by atoms with van der Waals surface area (Å²) in [4.78, 5) is 0. The van der Waals surface area contributed by atoms with Crippen LogP contribution in [0.2, 0.25) is 0 Å². The molecule has 10 heteroatoms. The van der Waals surface area contributed by atoms with E-state index in [0.29, 0.717) is 59.5 Å². The summed E-state index contributed by atoms with van der Waals surface area (Å²) in [5.41, 5.74) is 0. The first-order valence-electron chi connectivity index (χ1n) is 9.37. The topological polar surface area (TPSA) is 125 Å². The van der Waals surface area contributed by atoms with Crippen LogP contribution < -0.4 is 15.3 Å². The molecule has 0 radical (unpaired) electrons. The van der Waals surface area contributed by atoms with Gasteiger partial charge < -0.3 is 43.7 Å². The molecule has 0 bridgehead atoms. The maximum atomic E-state index is 10.2. The Morgan fingerprint density at radius 2 is 0.714 bits per heavy atom. The zero-order valence-corrected chi connectivity index (χ0v) is 19.5. The Bertz CT molecular complexity index is 207. The molecule has 0 aliphatic heterocycles. The van der Waals surface area contributed by atoms with Crippen molar-refractivity contribution in [1.29, 1.82) is 0 Å². The van der Waals surface area contributed by atoms with E-state index in [4.69, 9.17) is 14.2 Å². The van der Waals surface area contributed by atoms with E-state index < -0.39 is 18.9 Å². The summed E-state index contributed by atoms with van der Waals surface area (Å²) in [6.07, 6.45) is -2.78. The van der Waals surface area contributed by atoms with Crippen molar-refractivity contribution in [2.24, 2.45) is 0 Å². The van der Waals surface area contributed by atoms with Crippen molar-refractivity contribution in [3.8, 4) is 0 Å². The van der Waals surface area contributed by atoms with Crippen LogP contribution in [0, 0.1) is 0 Å². The standard InChI is InChI=1S/3C6H13O3.Al/c3*1-3-8-4-5-9-6(2)7;/h3*6H,3-5H2,1-2H3;/q3*-1;+3. The summed E-state index contributed by atoms with van der Waals surface area (Å²) in [6.45, 7) is 14.9. The van der Waals surface area contributed by atoms with Crippen LogP contribution in [-0.2, 0) is 28.4 Å². The summed E-state index contributed by atoms with van der Waals surface area (Å²) >= 11 is 0. The smallest absolute Gasteiger partial charge is 0.831 e. The molecule has 0 saturated heterocycles. The predicted molar refractivity (Wildman–Crippen MR) is 101 cm³/mol. The van der Waals surface area contributed by atoms with Gasteiger partial charge in [-0.3, -0.25) is 0 Å². The number of hydrogen-bond donors (Lipinski definition) is 0. The van der Waals surface area contributed by atoms with E-state index in [1.807, 2.05) is 20.8 Å². The van der Waals surface area contributed by atoms with Gasteiger partial charge >= 0.3 is 17.4 Å². The fraction of sp³-hybridized carbons (Fsp3) is 1.00. The molecule has 3 atom stereocenters. The second-order valence-electron chi connectivity index (χ2n) is 4.91. The summed E-state index contributed by atoms with van der Waals surface area (Å²) in [5.74, 6) is 0. The van der Waals surface area contributed by atoms with Crippen molar-refractivity contribution >= 4 is 17.4 Å². The molecule has 0 aliphatic rings. The molecule has 0 aromatic carbocycles. The van der Waals surface area contributed by atoms with E-state index in [2.05, 4.69) is 14.2 Å². The van der Waals surface area contributed by atoms with E-state index in [1.165, 1.54) is 20.8 Å². The van der Waals surface area contributed by atoms with Crippen LogP contribution in [0.25, 0.3) is 0 Å². The van der Waals surface area contributed by atoms with Crippen molar-refractivity contribution in [2.45, 2.75) is 60.4 Å². The maximum Gasteiger partial charge on any atom is 3.00 e. The van der Waals surface area contributed by atoms with E-state index >= 15 is 0 Å². The number of rotatable bonds is 15. The number of hydrogen-bond acceptors (Lipinski definition) is 9. The van der Waals surface area contributed by atoms with Gasteiger partial charge in [-0.1, -0.05) is 20.8 Å². The van der Waals surface area contributed by atoms with Crippen molar-refractivity contribution in [1.82, 2.24) is 0 Å². The Morgan fingerprint density at radius 3 is 0.857 bits per heavy atom. The van der Waals surface area contributed by atoms with Crippen molar-refractivity contribution in [3.05, 3.63) is 0 Å². The monoisotopic (exact) mass is 426 g/mol. The molecule has 9 nitrogen and oxygen atoms in total. The van der Waals surface area contributed by atoms with Gasteiger partial charge in [0.05, 0.1) is 39.6 Å². The third-order valence-electron chi connectivity index (χ3n) is 2.35. The minimum absolute atomic E-state index is 0. The van der Waals surface area contributed by atoms with E-state index in [9.17, 15) is 15.3 Å². The van der Waals surface area contributed by atoms with Crippen molar-refractivity contribution < 1.29 is 43.7 Å². The van der Waals surface area contributed by atoms with Crippen LogP contribution >= 0.6 is 0 Å². The molecule has 0 amide bonds. The van der Waals surface area contributed by atoms with Gasteiger partial charge in [-0.2, -0.15) is 0 Å². The van der Waals surface area contributed by atoms with Gasteiger partial charge in [0, 0.05) is 19.8 Å². The first kappa shape index (κ1) is 35.6. The molecule has 28 heavy (non-hydrogen) atoms. The third-order valence-corrected chi connectivity index (χ3v) is 2.35. The molecule has 0 spiro atoms. The quantitative estimate of drug-likeness (QED) is 0.181. The zero-order valence-electron chi connectivity index (χ0n) is 18.3. The molecular formula is C18H39AlO9. The minimum Gasteiger partial charge on any atom is -0.831 e. The van der Waals surface area contributed by atoms with Gasteiger partial charge in [0.1, 0.15) is 0 Å². The fourth-order valence-electron chi connectivity index (χ4n) is 1.25. The number of ether oxygens (including phenoxy) is 6. The van der Waals surface area contributed by atoms with Crippen molar-refractivity contribution in [3.63, 3.8) is 0 Å². The molecule has 168 valence electrons. The Morgan fingerprint density at radius 1 is 0.500 bits per heavy atom. The normalized spacial score (nSPS) is 13.2. The van der Waals surface area contributed by atoms with Crippen LogP contribution in [0.4, 0.5) is 0 Å². The Labute approximate surface area is 181 Å². The van der Waals surface area contributed by atoms with Gasteiger partial charge in [-0.05, 0) is 39.6 Å². The zero-order chi connectivity index (χ0) is 21.3. The maximum absolute atomic E-state index is 10.2. The van der Waals surface area contributed by atoms with Gasteiger partial charge in [-0.25, -0.2) is 0 Å². The van der Waals surface area contributed by atoms with E-state index in [1.54, 1.807) is 0 Å². The molecular weight excluding hydrogens is 387 g/mol. The average Bonchev–Trinajstić information content (AvgIpc) is 2.60. The summed E-state index contributed by atoms with van der Waals surface area (Å²) in [5, 5.41) is 30.6. The van der Waals surface area contributed by atoms with Crippen LogP contribution in [-0.4, -0.2) is 95.7 Å². The molecule has 0 fully saturated rings. The minimum atomic E-state index is -0.926. The van der Waals surface area contributed by atoms with Crippen LogP contribution in [0.3, 0.4) is 0 Å². The molecule has 0 heterocycles. The summed E-state index contributed by atoms with van der Waals surface area (Å²) < 4.78 is 28.8. The first-order valence-corrected chi connectivity index (χ1v) is 9.37. The van der Waals surface area contributed by atoms with Gasteiger partial charge in [-0.15, -0.1) is 0 Å². The molecule has 0 rings (SSSR count). The average molecular weight is 426 g/mol. The SMILES string of the molecule is CCOCCOC(C)[O-].CCOCCOC(C)[O-].CCOCCOC(C)[O-].[Al+3]. The largest absolute Gasteiger partial charge is 3.00 e. The van der Waals surface area contributed by atoms with Crippen molar-refractivity contribution in [2.75, 3.05) is 59.5 Å². The van der Waals surface area contributed by atoms with Gasteiger partial charge in [0.2, 0.25) is 0 Å². The second-order valence-corrected chi connectivity index (χ2v) is 4.91. The molecule has 0 aromatic rings. The molecule has 3 unspecified atom stereocenters. The van der Waals surface area contributed by atoms with Crippen LogP contribution in [0.15, 0.2) is 0 Å². The van der Waals surface area contributed by atoms with E-state index in [0.717, 1.165) is 0 Å². The first-order chi connectivity index (χ1) is 12.8. The van der Waals surface area contributed by atoms with Crippen LogP contribution in [0.1, 0.15) is 41.5 Å².